The molecule has 0 fully saturated rings. The maximum atomic E-state index is 11.1. The van der Waals surface area contributed by atoms with Gasteiger partial charge in [0.1, 0.15) is 9.88 Å². The van der Waals surface area contributed by atoms with Gasteiger partial charge in [-0.3, -0.25) is 0 Å². The third-order valence-corrected chi connectivity index (χ3v) is 3.77. The molecule has 0 aliphatic carbocycles. The Kier molecular flexibility index (Phi) is 3.74. The molecule has 0 radical (unpaired) electrons. The van der Waals surface area contributed by atoms with Crippen LogP contribution >= 0.6 is 11.3 Å². The van der Waals surface area contributed by atoms with E-state index in [1.807, 2.05) is 31.2 Å². The minimum absolute atomic E-state index is 0.325. The summed E-state index contributed by atoms with van der Waals surface area (Å²) in [6, 6.07) is 7.72. The van der Waals surface area contributed by atoms with Crippen LogP contribution < -0.4 is 5.73 Å². The monoisotopic (exact) mass is 262 g/mol. The van der Waals surface area contributed by atoms with Crippen LogP contribution in [0.3, 0.4) is 0 Å². The SMILES string of the molecule is CCc1nc(-c2cccc(CN)c2)sc1C(=O)O. The van der Waals surface area contributed by atoms with E-state index in [0.717, 1.165) is 16.1 Å². The van der Waals surface area contributed by atoms with Crippen LogP contribution in [0.25, 0.3) is 10.6 Å². The third-order valence-electron chi connectivity index (χ3n) is 2.64. The molecule has 1 heterocycles. The van der Waals surface area contributed by atoms with Gasteiger partial charge < -0.3 is 10.8 Å². The van der Waals surface area contributed by atoms with E-state index >= 15 is 0 Å². The van der Waals surface area contributed by atoms with Crippen molar-refractivity contribution in [2.75, 3.05) is 0 Å². The molecule has 0 atom stereocenters. The van der Waals surface area contributed by atoms with Crippen LogP contribution in [-0.4, -0.2) is 16.1 Å². The fourth-order valence-electron chi connectivity index (χ4n) is 1.71. The molecule has 1 aromatic heterocycles. The van der Waals surface area contributed by atoms with Gasteiger partial charge in [-0.05, 0) is 18.1 Å². The normalized spacial score (nSPS) is 10.6. The van der Waals surface area contributed by atoms with Crippen molar-refractivity contribution >= 4 is 17.3 Å². The number of hydrogen-bond donors (Lipinski definition) is 2. The molecule has 0 spiro atoms. The Morgan fingerprint density at radius 3 is 2.83 bits per heavy atom. The lowest BCUT2D eigenvalue weighted by molar-refractivity contribution is 0.0701. The molecule has 2 rings (SSSR count). The first-order valence-corrected chi connectivity index (χ1v) is 6.49. The summed E-state index contributed by atoms with van der Waals surface area (Å²) < 4.78 is 0. The van der Waals surface area contributed by atoms with Gasteiger partial charge in [-0.2, -0.15) is 0 Å². The van der Waals surface area contributed by atoms with Gasteiger partial charge >= 0.3 is 5.97 Å². The lowest BCUT2D eigenvalue weighted by Crippen LogP contribution is -1.97. The average Bonchev–Trinajstić information content (AvgIpc) is 2.83. The number of benzene rings is 1. The predicted octanol–water partition coefficient (Wildman–Crippen LogP) is 2.53. The highest BCUT2D eigenvalue weighted by Crippen LogP contribution is 2.29. The Morgan fingerprint density at radius 1 is 1.50 bits per heavy atom. The van der Waals surface area contributed by atoms with Crippen molar-refractivity contribution in [3.05, 3.63) is 40.4 Å². The highest BCUT2D eigenvalue weighted by atomic mass is 32.1. The average molecular weight is 262 g/mol. The van der Waals surface area contributed by atoms with E-state index in [0.29, 0.717) is 23.5 Å². The zero-order valence-corrected chi connectivity index (χ0v) is 10.8. The molecule has 5 heteroatoms. The summed E-state index contributed by atoms with van der Waals surface area (Å²) in [5, 5.41) is 9.84. The molecule has 4 nitrogen and oxygen atoms in total. The Balaban J connectivity index is 2.47. The van der Waals surface area contributed by atoms with Gasteiger partial charge in [0.25, 0.3) is 0 Å². The maximum Gasteiger partial charge on any atom is 0.347 e. The summed E-state index contributed by atoms with van der Waals surface area (Å²) >= 11 is 1.21. The largest absolute Gasteiger partial charge is 0.477 e. The Labute approximate surface area is 109 Å². The van der Waals surface area contributed by atoms with Gasteiger partial charge in [0, 0.05) is 12.1 Å². The number of carboxylic acids is 1. The molecular weight excluding hydrogens is 248 g/mol. The van der Waals surface area contributed by atoms with Crippen molar-refractivity contribution < 1.29 is 9.90 Å². The molecule has 0 saturated carbocycles. The van der Waals surface area contributed by atoms with Crippen molar-refractivity contribution in [1.82, 2.24) is 4.98 Å². The maximum absolute atomic E-state index is 11.1. The van der Waals surface area contributed by atoms with Crippen LogP contribution in [0, 0.1) is 0 Å². The summed E-state index contributed by atoms with van der Waals surface area (Å²) in [5.74, 6) is -0.912. The predicted molar refractivity (Wildman–Crippen MR) is 71.8 cm³/mol. The lowest BCUT2D eigenvalue weighted by Gasteiger charge is -1.99. The van der Waals surface area contributed by atoms with Crippen LogP contribution in [0.4, 0.5) is 0 Å². The van der Waals surface area contributed by atoms with E-state index in [4.69, 9.17) is 10.8 Å². The number of aryl methyl sites for hydroxylation is 1. The third kappa shape index (κ3) is 2.42. The second-order valence-corrected chi connectivity index (χ2v) is 4.86. The first-order chi connectivity index (χ1) is 8.65. The van der Waals surface area contributed by atoms with Crippen molar-refractivity contribution in [1.29, 1.82) is 0 Å². The van der Waals surface area contributed by atoms with Crippen molar-refractivity contribution in [2.45, 2.75) is 19.9 Å². The van der Waals surface area contributed by atoms with Crippen LogP contribution in [0.15, 0.2) is 24.3 Å². The minimum atomic E-state index is -0.912. The van der Waals surface area contributed by atoms with E-state index in [1.165, 1.54) is 11.3 Å². The number of carbonyl (C=O) groups is 1. The van der Waals surface area contributed by atoms with Crippen LogP contribution in [0.2, 0.25) is 0 Å². The number of hydrogen-bond acceptors (Lipinski definition) is 4. The van der Waals surface area contributed by atoms with Gasteiger partial charge in [-0.1, -0.05) is 25.1 Å². The lowest BCUT2D eigenvalue weighted by atomic mass is 10.1. The number of nitrogens with zero attached hydrogens (tertiary/aromatic N) is 1. The highest BCUT2D eigenvalue weighted by Gasteiger charge is 2.16. The topological polar surface area (TPSA) is 76.2 Å². The fourth-order valence-corrected chi connectivity index (χ4v) is 2.70. The van der Waals surface area contributed by atoms with Gasteiger partial charge in [0.15, 0.2) is 0 Å². The van der Waals surface area contributed by atoms with Crippen LogP contribution in [0.1, 0.15) is 27.9 Å². The number of rotatable bonds is 4. The zero-order chi connectivity index (χ0) is 13.1. The number of carboxylic acid groups (broad SMARTS) is 1. The second-order valence-electron chi connectivity index (χ2n) is 3.86. The molecule has 18 heavy (non-hydrogen) atoms. The van der Waals surface area contributed by atoms with Gasteiger partial charge in [0.2, 0.25) is 0 Å². The Hall–Kier alpha value is -1.72. The standard InChI is InChI=1S/C13H14N2O2S/c1-2-10-11(13(16)17)18-12(15-10)9-5-3-4-8(6-9)7-14/h3-6H,2,7,14H2,1H3,(H,16,17). The van der Waals surface area contributed by atoms with Gasteiger partial charge in [-0.15, -0.1) is 11.3 Å². The molecule has 0 saturated heterocycles. The summed E-state index contributed by atoms with van der Waals surface area (Å²) in [5.41, 5.74) is 8.17. The summed E-state index contributed by atoms with van der Waals surface area (Å²) in [6.45, 7) is 2.37. The fraction of sp³-hybridized carbons (Fsp3) is 0.231. The zero-order valence-electron chi connectivity index (χ0n) is 10.0. The molecule has 0 bridgehead atoms. The molecule has 0 aliphatic heterocycles. The summed E-state index contributed by atoms with van der Waals surface area (Å²) in [7, 11) is 0. The summed E-state index contributed by atoms with van der Waals surface area (Å²) in [4.78, 5) is 15.8. The van der Waals surface area contributed by atoms with Crippen molar-refractivity contribution in [2.24, 2.45) is 5.73 Å². The van der Waals surface area contributed by atoms with E-state index in [9.17, 15) is 4.79 Å². The Bertz CT molecular complexity index is 578. The van der Waals surface area contributed by atoms with Crippen molar-refractivity contribution in [3.8, 4) is 10.6 Å². The number of aromatic nitrogens is 1. The second kappa shape index (κ2) is 5.29. The van der Waals surface area contributed by atoms with E-state index in [-0.39, 0.29) is 0 Å². The molecule has 2 aromatic rings. The molecule has 94 valence electrons. The van der Waals surface area contributed by atoms with Crippen LogP contribution in [-0.2, 0) is 13.0 Å². The van der Waals surface area contributed by atoms with Gasteiger partial charge in [-0.25, -0.2) is 9.78 Å². The quantitative estimate of drug-likeness (QED) is 0.887. The number of nitrogens with two attached hydrogens (primary N) is 1. The molecule has 3 N–H and O–H groups in total. The Morgan fingerprint density at radius 2 is 2.28 bits per heavy atom. The molecule has 0 unspecified atom stereocenters. The van der Waals surface area contributed by atoms with Crippen LogP contribution in [0.5, 0.6) is 0 Å². The molecular formula is C13H14N2O2S. The summed E-state index contributed by atoms with van der Waals surface area (Å²) in [6.07, 6.45) is 0.620. The number of thiazole rings is 1. The van der Waals surface area contributed by atoms with E-state index in [1.54, 1.807) is 0 Å². The first-order valence-electron chi connectivity index (χ1n) is 5.68. The molecule has 0 amide bonds. The first kappa shape index (κ1) is 12.7. The van der Waals surface area contributed by atoms with Gasteiger partial charge in [0.05, 0.1) is 5.69 Å². The molecule has 0 aliphatic rings. The minimum Gasteiger partial charge on any atom is -0.477 e. The smallest absolute Gasteiger partial charge is 0.347 e. The number of aromatic carboxylic acids is 1. The molecule has 1 aromatic carbocycles. The van der Waals surface area contributed by atoms with E-state index in [2.05, 4.69) is 4.98 Å². The highest BCUT2D eigenvalue weighted by molar-refractivity contribution is 7.17. The van der Waals surface area contributed by atoms with E-state index < -0.39 is 5.97 Å². The van der Waals surface area contributed by atoms with Crippen molar-refractivity contribution in [3.63, 3.8) is 0 Å².